The van der Waals surface area contributed by atoms with Crippen molar-refractivity contribution in [3.05, 3.63) is 57.9 Å². The second-order valence-corrected chi connectivity index (χ2v) is 9.41. The Labute approximate surface area is 204 Å². The molecule has 3 rings (SSSR count). The number of carbonyl (C=O) groups is 1. The Hall–Kier alpha value is -2.01. The number of piperidine rings is 1. The van der Waals surface area contributed by atoms with Crippen molar-refractivity contribution < 1.29 is 24.1 Å². The summed E-state index contributed by atoms with van der Waals surface area (Å²) in [7, 11) is 3.71. The number of hydrogen-bond donors (Lipinski definition) is 2. The third-order valence-corrected chi connectivity index (χ3v) is 6.26. The zero-order valence-corrected chi connectivity index (χ0v) is 20.5. The lowest BCUT2D eigenvalue weighted by molar-refractivity contribution is -0.0832. The fourth-order valence-corrected chi connectivity index (χ4v) is 4.29. The molecule has 3 atom stereocenters. The van der Waals surface area contributed by atoms with E-state index in [1.165, 1.54) is 24.5 Å². The minimum Gasteiger partial charge on any atom is -0.391 e. The lowest BCUT2D eigenvalue weighted by atomic mass is 9.86. The van der Waals surface area contributed by atoms with E-state index in [0.29, 0.717) is 22.7 Å². The molecular weight excluding hydrogens is 463 g/mol. The van der Waals surface area contributed by atoms with E-state index in [1.807, 2.05) is 7.05 Å². The maximum Gasteiger partial charge on any atom is 0.150 e. The first-order valence-electron chi connectivity index (χ1n) is 11.3. The summed E-state index contributed by atoms with van der Waals surface area (Å²) in [5.41, 5.74) is 0.490. The van der Waals surface area contributed by atoms with Crippen LogP contribution >= 0.6 is 11.6 Å². The van der Waals surface area contributed by atoms with E-state index < -0.39 is 24.3 Å². The smallest absolute Gasteiger partial charge is 0.150 e. The largest absolute Gasteiger partial charge is 0.391 e. The van der Waals surface area contributed by atoms with Gasteiger partial charge in [0.2, 0.25) is 0 Å². The van der Waals surface area contributed by atoms with Gasteiger partial charge in [0.25, 0.3) is 0 Å². The van der Waals surface area contributed by atoms with E-state index >= 15 is 4.39 Å². The van der Waals surface area contributed by atoms with Crippen LogP contribution in [-0.2, 0) is 11.3 Å². The van der Waals surface area contributed by atoms with Crippen molar-refractivity contribution in [3.8, 4) is 0 Å². The first-order valence-corrected chi connectivity index (χ1v) is 11.7. The van der Waals surface area contributed by atoms with Crippen LogP contribution < -0.4 is 0 Å². The molecule has 1 aliphatic heterocycles. The highest BCUT2D eigenvalue weighted by Gasteiger charge is 2.30. The molecule has 0 amide bonds. The van der Waals surface area contributed by atoms with Crippen molar-refractivity contribution in [2.75, 3.05) is 33.8 Å². The molecule has 1 saturated heterocycles. The van der Waals surface area contributed by atoms with Crippen molar-refractivity contribution in [2.24, 2.45) is 5.92 Å². The molecule has 0 bridgehead atoms. The Bertz CT molecular complexity index is 955. The molecule has 1 fully saturated rings. The molecule has 0 unspecified atom stereocenters. The number of likely N-dealkylation sites (tertiary alicyclic amines) is 1. The molecule has 1 aromatic carbocycles. The number of ether oxygens (including phenoxy) is 1. The van der Waals surface area contributed by atoms with Gasteiger partial charge in [-0.1, -0.05) is 11.6 Å². The summed E-state index contributed by atoms with van der Waals surface area (Å²) in [6, 6.07) is 2.80. The minimum absolute atomic E-state index is 0.00651. The van der Waals surface area contributed by atoms with Crippen molar-refractivity contribution >= 4 is 17.9 Å². The number of halogens is 2. The molecule has 0 saturated carbocycles. The van der Waals surface area contributed by atoms with Crippen molar-refractivity contribution in [2.45, 2.75) is 44.7 Å². The third-order valence-electron chi connectivity index (χ3n) is 6.07. The Morgan fingerprint density at radius 1 is 1.29 bits per heavy atom. The van der Waals surface area contributed by atoms with Crippen LogP contribution in [0, 0.1) is 11.7 Å². The van der Waals surface area contributed by atoms with E-state index in [2.05, 4.69) is 14.9 Å². The zero-order chi connectivity index (χ0) is 24.8. The maximum absolute atomic E-state index is 15.5. The molecule has 8 nitrogen and oxygen atoms in total. The van der Waals surface area contributed by atoms with Gasteiger partial charge in [0, 0.05) is 23.5 Å². The number of aliphatic hydroxyl groups excluding tert-OH is 2. The Kier molecular flexibility index (Phi) is 9.47. The fourth-order valence-electron chi connectivity index (χ4n) is 4.19. The number of benzene rings is 1. The summed E-state index contributed by atoms with van der Waals surface area (Å²) in [6.07, 6.45) is 2.41. The van der Waals surface area contributed by atoms with E-state index in [-0.39, 0.29) is 30.2 Å². The molecule has 0 spiro atoms. The monoisotopic (exact) mass is 494 g/mol. The van der Waals surface area contributed by atoms with Crippen molar-refractivity contribution in [1.29, 1.82) is 0 Å². The van der Waals surface area contributed by atoms with Crippen LogP contribution in [0.25, 0.3) is 0 Å². The summed E-state index contributed by atoms with van der Waals surface area (Å²) < 4.78 is 21.3. The molecule has 34 heavy (non-hydrogen) atoms. The van der Waals surface area contributed by atoms with Crippen molar-refractivity contribution in [3.63, 3.8) is 0 Å². The van der Waals surface area contributed by atoms with E-state index in [4.69, 9.17) is 16.3 Å². The maximum atomic E-state index is 15.5. The standard InChI is InChI=1S/C24H32ClFN4O4/c1-15(32)14-34-24(30(3)12-21-27-10-19(25)11-28-21)22-18(13-31)8-17(9-20(22)26)23(33)16-4-6-29(2)7-5-16/h8-11,13,15-16,23-24,32-33H,4-7,12,14H2,1-3H3/t15-,23+,24-/m1/s1. The number of carbonyl (C=O) groups excluding carboxylic acids is 1. The quantitative estimate of drug-likeness (QED) is 0.384. The van der Waals surface area contributed by atoms with Gasteiger partial charge in [0.1, 0.15) is 17.9 Å². The van der Waals surface area contributed by atoms with Crippen LogP contribution in [0.5, 0.6) is 0 Å². The highest BCUT2D eigenvalue weighted by atomic mass is 35.5. The molecule has 0 radical (unpaired) electrons. The first-order chi connectivity index (χ1) is 16.2. The predicted molar refractivity (Wildman–Crippen MR) is 126 cm³/mol. The number of hydrogen-bond acceptors (Lipinski definition) is 8. The molecule has 186 valence electrons. The van der Waals surface area contributed by atoms with Crippen molar-refractivity contribution in [1.82, 2.24) is 19.8 Å². The molecule has 2 aromatic rings. The minimum atomic E-state index is -0.997. The average molecular weight is 495 g/mol. The van der Waals surface area contributed by atoms with Gasteiger partial charge < -0.3 is 19.8 Å². The summed E-state index contributed by atoms with van der Waals surface area (Å²) >= 11 is 5.85. The van der Waals surface area contributed by atoms with Crippen LogP contribution in [0.2, 0.25) is 5.02 Å². The number of aromatic nitrogens is 2. The predicted octanol–water partition coefficient (Wildman–Crippen LogP) is 2.98. The number of rotatable bonds is 10. The highest BCUT2D eigenvalue weighted by molar-refractivity contribution is 6.30. The summed E-state index contributed by atoms with van der Waals surface area (Å²) in [5, 5.41) is 21.0. The van der Waals surface area contributed by atoms with Gasteiger partial charge in [0.05, 0.1) is 30.4 Å². The number of aliphatic hydroxyl groups is 2. The Morgan fingerprint density at radius 2 is 1.94 bits per heavy atom. The van der Waals surface area contributed by atoms with Gasteiger partial charge in [-0.05, 0) is 70.6 Å². The second kappa shape index (κ2) is 12.1. The lowest BCUT2D eigenvalue weighted by Gasteiger charge is -2.33. The highest BCUT2D eigenvalue weighted by Crippen LogP contribution is 2.35. The van der Waals surface area contributed by atoms with Crippen LogP contribution in [0.4, 0.5) is 4.39 Å². The normalized spacial score (nSPS) is 18.1. The molecule has 2 N–H and O–H groups in total. The molecular formula is C24H32ClFN4O4. The molecule has 10 heteroatoms. The van der Waals surface area contributed by atoms with Gasteiger partial charge in [-0.15, -0.1) is 0 Å². The van der Waals surface area contributed by atoms with E-state index in [1.54, 1.807) is 18.9 Å². The lowest BCUT2D eigenvalue weighted by Crippen LogP contribution is -2.33. The summed E-state index contributed by atoms with van der Waals surface area (Å²) in [6.45, 7) is 3.37. The third kappa shape index (κ3) is 6.78. The number of aldehydes is 1. The van der Waals surface area contributed by atoms with E-state index in [0.717, 1.165) is 25.9 Å². The second-order valence-electron chi connectivity index (χ2n) is 8.98. The molecule has 1 aromatic heterocycles. The van der Waals surface area contributed by atoms with Gasteiger partial charge in [-0.3, -0.25) is 9.69 Å². The van der Waals surface area contributed by atoms with Gasteiger partial charge in [0.15, 0.2) is 6.29 Å². The van der Waals surface area contributed by atoms with Gasteiger partial charge in [-0.2, -0.15) is 0 Å². The van der Waals surface area contributed by atoms with Crippen LogP contribution in [0.3, 0.4) is 0 Å². The fraction of sp³-hybridized carbons (Fsp3) is 0.542. The topological polar surface area (TPSA) is 99.0 Å². The van der Waals surface area contributed by atoms with Gasteiger partial charge >= 0.3 is 0 Å². The van der Waals surface area contributed by atoms with Crippen LogP contribution in [0.1, 0.15) is 59.4 Å². The number of nitrogens with zero attached hydrogens (tertiary/aromatic N) is 4. The summed E-state index contributed by atoms with van der Waals surface area (Å²) in [4.78, 5) is 24.2. The van der Waals surface area contributed by atoms with E-state index in [9.17, 15) is 15.0 Å². The zero-order valence-electron chi connectivity index (χ0n) is 19.7. The van der Waals surface area contributed by atoms with Crippen LogP contribution in [0.15, 0.2) is 24.5 Å². The molecule has 0 aliphatic carbocycles. The molecule has 2 heterocycles. The Balaban J connectivity index is 1.90. The van der Waals surface area contributed by atoms with Crippen LogP contribution in [-0.4, -0.2) is 76.2 Å². The Morgan fingerprint density at radius 3 is 2.53 bits per heavy atom. The average Bonchev–Trinajstić information content (AvgIpc) is 2.81. The van der Waals surface area contributed by atoms with Gasteiger partial charge in [-0.25, -0.2) is 14.4 Å². The molecule has 1 aliphatic rings. The SMILES string of the molecule is C[C@@H](O)CO[C@H](c1c(F)cc([C@@H](O)C2CCN(C)CC2)cc1C=O)N(C)Cc1ncc(Cl)cn1. The summed E-state index contributed by atoms with van der Waals surface area (Å²) in [5.74, 6) is -0.237. The first kappa shape index (κ1) is 26.6.